The number of nitrogens with one attached hydrogen (secondary N) is 1. The standard InChI is InChI=1S/C16H22ClNO/c17-15-5-3-12(4-6-15)16(19)10-18-9-14-8-11-1-2-13(14)7-11/h3-6,11,13-14,16,18-19H,1-2,7-10H2. The van der Waals surface area contributed by atoms with E-state index in [1.807, 2.05) is 24.3 Å². The molecule has 0 radical (unpaired) electrons. The van der Waals surface area contributed by atoms with Crippen molar-refractivity contribution in [3.63, 3.8) is 0 Å². The summed E-state index contributed by atoms with van der Waals surface area (Å²) in [6.07, 6.45) is 5.29. The first-order valence-electron chi connectivity index (χ1n) is 7.36. The van der Waals surface area contributed by atoms with Crippen molar-refractivity contribution in [1.82, 2.24) is 5.32 Å². The molecule has 104 valence electrons. The maximum Gasteiger partial charge on any atom is 0.0914 e. The summed E-state index contributed by atoms with van der Waals surface area (Å²) in [5, 5.41) is 14.3. The molecule has 2 aliphatic rings. The third-order valence-corrected chi connectivity index (χ3v) is 5.14. The zero-order chi connectivity index (χ0) is 13.2. The molecule has 2 saturated carbocycles. The van der Waals surface area contributed by atoms with Gasteiger partial charge in [0.25, 0.3) is 0 Å². The zero-order valence-electron chi connectivity index (χ0n) is 11.2. The summed E-state index contributed by atoms with van der Waals surface area (Å²) >= 11 is 5.85. The van der Waals surface area contributed by atoms with Crippen molar-refractivity contribution in [1.29, 1.82) is 0 Å². The SMILES string of the molecule is OC(CNCC1CC2CCC1C2)c1ccc(Cl)cc1. The van der Waals surface area contributed by atoms with Crippen molar-refractivity contribution >= 4 is 11.6 Å². The number of halogens is 1. The van der Waals surface area contributed by atoms with E-state index in [0.29, 0.717) is 11.6 Å². The molecular weight excluding hydrogens is 258 g/mol. The van der Waals surface area contributed by atoms with Crippen molar-refractivity contribution in [2.45, 2.75) is 31.8 Å². The maximum atomic E-state index is 10.1. The highest BCUT2D eigenvalue weighted by Gasteiger charge is 2.38. The third-order valence-electron chi connectivity index (χ3n) is 4.88. The Hall–Kier alpha value is -0.570. The van der Waals surface area contributed by atoms with Gasteiger partial charge < -0.3 is 10.4 Å². The van der Waals surface area contributed by atoms with Gasteiger partial charge in [0.15, 0.2) is 0 Å². The van der Waals surface area contributed by atoms with E-state index in [1.54, 1.807) is 0 Å². The van der Waals surface area contributed by atoms with Crippen LogP contribution in [0.15, 0.2) is 24.3 Å². The summed E-state index contributed by atoms with van der Waals surface area (Å²) in [4.78, 5) is 0. The second-order valence-corrected chi connectivity index (χ2v) is 6.60. The Labute approximate surface area is 120 Å². The van der Waals surface area contributed by atoms with Gasteiger partial charge in [-0.3, -0.25) is 0 Å². The minimum atomic E-state index is -0.434. The fourth-order valence-electron chi connectivity index (χ4n) is 3.83. The van der Waals surface area contributed by atoms with E-state index in [2.05, 4.69) is 5.32 Å². The predicted molar refractivity (Wildman–Crippen MR) is 78.2 cm³/mol. The molecule has 3 rings (SSSR count). The van der Waals surface area contributed by atoms with Gasteiger partial charge in [-0.15, -0.1) is 0 Å². The summed E-state index contributed by atoms with van der Waals surface area (Å²) in [5.41, 5.74) is 0.935. The van der Waals surface area contributed by atoms with Crippen LogP contribution < -0.4 is 5.32 Å². The molecule has 2 bridgehead atoms. The van der Waals surface area contributed by atoms with Gasteiger partial charge >= 0.3 is 0 Å². The molecule has 0 heterocycles. The largest absolute Gasteiger partial charge is 0.387 e. The topological polar surface area (TPSA) is 32.3 Å². The molecule has 0 aliphatic heterocycles. The lowest BCUT2D eigenvalue weighted by Crippen LogP contribution is -2.29. The Morgan fingerprint density at radius 1 is 1.21 bits per heavy atom. The molecule has 0 aromatic heterocycles. The number of aliphatic hydroxyl groups is 1. The molecule has 2 nitrogen and oxygen atoms in total. The van der Waals surface area contributed by atoms with Crippen LogP contribution in [0.1, 0.15) is 37.4 Å². The van der Waals surface area contributed by atoms with Crippen LogP contribution in [0.3, 0.4) is 0 Å². The highest BCUT2D eigenvalue weighted by Crippen LogP contribution is 2.47. The molecule has 4 unspecified atom stereocenters. The number of fused-ring (bicyclic) bond motifs is 2. The lowest BCUT2D eigenvalue weighted by Gasteiger charge is -2.22. The van der Waals surface area contributed by atoms with Crippen LogP contribution in [-0.2, 0) is 0 Å². The maximum absolute atomic E-state index is 10.1. The molecule has 4 atom stereocenters. The van der Waals surface area contributed by atoms with Gasteiger partial charge in [0.1, 0.15) is 0 Å². The van der Waals surface area contributed by atoms with Crippen LogP contribution in [0, 0.1) is 17.8 Å². The van der Waals surface area contributed by atoms with Gasteiger partial charge in [0.2, 0.25) is 0 Å². The van der Waals surface area contributed by atoms with E-state index >= 15 is 0 Å². The Kier molecular flexibility index (Phi) is 4.11. The summed E-state index contributed by atoms with van der Waals surface area (Å²) in [7, 11) is 0. The van der Waals surface area contributed by atoms with Crippen molar-refractivity contribution < 1.29 is 5.11 Å². The molecule has 3 heteroatoms. The lowest BCUT2D eigenvalue weighted by atomic mass is 9.89. The van der Waals surface area contributed by atoms with Crippen LogP contribution in [0.5, 0.6) is 0 Å². The molecule has 19 heavy (non-hydrogen) atoms. The molecule has 1 aromatic carbocycles. The van der Waals surface area contributed by atoms with E-state index in [0.717, 1.165) is 29.9 Å². The summed E-state index contributed by atoms with van der Waals surface area (Å²) in [5.74, 6) is 2.79. The molecule has 0 amide bonds. The van der Waals surface area contributed by atoms with E-state index < -0.39 is 6.10 Å². The normalized spacial score (nSPS) is 30.7. The highest BCUT2D eigenvalue weighted by molar-refractivity contribution is 6.30. The predicted octanol–water partition coefficient (Wildman–Crippen LogP) is 3.40. The van der Waals surface area contributed by atoms with Crippen LogP contribution in [0.4, 0.5) is 0 Å². The van der Waals surface area contributed by atoms with Crippen molar-refractivity contribution in [2.75, 3.05) is 13.1 Å². The second-order valence-electron chi connectivity index (χ2n) is 6.16. The number of hydrogen-bond donors (Lipinski definition) is 2. The van der Waals surface area contributed by atoms with E-state index in [1.165, 1.54) is 25.7 Å². The van der Waals surface area contributed by atoms with Gasteiger partial charge in [0, 0.05) is 11.6 Å². The molecule has 0 saturated heterocycles. The van der Waals surface area contributed by atoms with Gasteiger partial charge in [-0.25, -0.2) is 0 Å². The smallest absolute Gasteiger partial charge is 0.0914 e. The Bertz CT molecular complexity index is 419. The summed E-state index contributed by atoms with van der Waals surface area (Å²) < 4.78 is 0. The number of benzene rings is 1. The van der Waals surface area contributed by atoms with E-state index in [-0.39, 0.29) is 0 Å². The lowest BCUT2D eigenvalue weighted by molar-refractivity contribution is 0.170. The van der Waals surface area contributed by atoms with Crippen LogP contribution in [0.2, 0.25) is 5.02 Å². The molecule has 0 spiro atoms. The Morgan fingerprint density at radius 2 is 2.00 bits per heavy atom. The number of rotatable bonds is 5. The van der Waals surface area contributed by atoms with Gasteiger partial charge in [-0.1, -0.05) is 30.2 Å². The van der Waals surface area contributed by atoms with Crippen LogP contribution in [-0.4, -0.2) is 18.2 Å². The molecule has 2 fully saturated rings. The third kappa shape index (κ3) is 3.13. The van der Waals surface area contributed by atoms with Crippen molar-refractivity contribution in [2.24, 2.45) is 17.8 Å². The van der Waals surface area contributed by atoms with Crippen LogP contribution >= 0.6 is 11.6 Å². The minimum Gasteiger partial charge on any atom is -0.387 e. The highest BCUT2D eigenvalue weighted by atomic mass is 35.5. The average Bonchev–Trinajstić information content (AvgIpc) is 3.02. The van der Waals surface area contributed by atoms with Gasteiger partial charge in [-0.05, 0) is 61.3 Å². The quantitative estimate of drug-likeness (QED) is 0.866. The molecular formula is C16H22ClNO. The van der Waals surface area contributed by atoms with Gasteiger partial charge in [-0.2, -0.15) is 0 Å². The zero-order valence-corrected chi connectivity index (χ0v) is 11.9. The monoisotopic (exact) mass is 279 g/mol. The van der Waals surface area contributed by atoms with Gasteiger partial charge in [0.05, 0.1) is 6.10 Å². The first-order valence-corrected chi connectivity index (χ1v) is 7.74. The fraction of sp³-hybridized carbons (Fsp3) is 0.625. The molecule has 1 aromatic rings. The second kappa shape index (κ2) is 5.82. The van der Waals surface area contributed by atoms with E-state index in [4.69, 9.17) is 11.6 Å². The minimum absolute atomic E-state index is 0.434. The summed E-state index contributed by atoms with van der Waals surface area (Å²) in [6, 6.07) is 7.45. The average molecular weight is 280 g/mol. The van der Waals surface area contributed by atoms with Crippen molar-refractivity contribution in [3.05, 3.63) is 34.9 Å². The van der Waals surface area contributed by atoms with E-state index in [9.17, 15) is 5.11 Å². The van der Waals surface area contributed by atoms with Crippen molar-refractivity contribution in [3.8, 4) is 0 Å². The first-order chi connectivity index (χ1) is 9.22. The fourth-order valence-corrected chi connectivity index (χ4v) is 3.96. The Balaban J connectivity index is 1.43. The Morgan fingerprint density at radius 3 is 2.63 bits per heavy atom. The molecule has 2 N–H and O–H groups in total. The molecule has 2 aliphatic carbocycles. The summed E-state index contributed by atoms with van der Waals surface area (Å²) in [6.45, 7) is 1.70. The first kappa shape index (κ1) is 13.4. The number of hydrogen-bond acceptors (Lipinski definition) is 2. The van der Waals surface area contributed by atoms with Crippen LogP contribution in [0.25, 0.3) is 0 Å². The number of aliphatic hydroxyl groups excluding tert-OH is 1.